The molecule has 1 atom stereocenters. The van der Waals surface area contributed by atoms with Gasteiger partial charge in [0.15, 0.2) is 5.16 Å². The summed E-state index contributed by atoms with van der Waals surface area (Å²) in [6.07, 6.45) is 0. The third-order valence-corrected chi connectivity index (χ3v) is 5.54. The van der Waals surface area contributed by atoms with Gasteiger partial charge < -0.3 is 5.32 Å². The summed E-state index contributed by atoms with van der Waals surface area (Å²) in [6, 6.07) is 13.3. The molecule has 27 heavy (non-hydrogen) atoms. The number of nitrogens with zero attached hydrogens (tertiary/aromatic N) is 2. The summed E-state index contributed by atoms with van der Waals surface area (Å²) in [6.45, 7) is 8.19. The van der Waals surface area contributed by atoms with Crippen molar-refractivity contribution < 1.29 is 4.79 Å². The minimum Gasteiger partial charge on any atom is -0.325 e. The molecule has 5 nitrogen and oxygen atoms in total. The normalized spacial score (nSPS) is 12.1. The SMILES string of the molecule is CCn1c(SC(C)C(=O)Nc2cc(C)ccc2C)nc2ccccc2c1=O. The lowest BCUT2D eigenvalue weighted by Gasteiger charge is -2.16. The summed E-state index contributed by atoms with van der Waals surface area (Å²) in [4.78, 5) is 30.0. The van der Waals surface area contributed by atoms with Crippen LogP contribution in [0.25, 0.3) is 10.9 Å². The van der Waals surface area contributed by atoms with Gasteiger partial charge in [-0.2, -0.15) is 0 Å². The molecule has 0 fully saturated rings. The monoisotopic (exact) mass is 381 g/mol. The van der Waals surface area contributed by atoms with Gasteiger partial charge in [0, 0.05) is 12.2 Å². The molecule has 2 aromatic carbocycles. The lowest BCUT2D eigenvalue weighted by atomic mass is 10.1. The summed E-state index contributed by atoms with van der Waals surface area (Å²) < 4.78 is 1.62. The summed E-state index contributed by atoms with van der Waals surface area (Å²) in [5, 5.41) is 3.75. The molecule has 1 N–H and O–H groups in total. The highest BCUT2D eigenvalue weighted by Crippen LogP contribution is 2.24. The predicted molar refractivity (Wildman–Crippen MR) is 112 cm³/mol. The Balaban J connectivity index is 1.87. The molecule has 0 saturated carbocycles. The van der Waals surface area contributed by atoms with E-state index in [0.29, 0.717) is 22.6 Å². The number of nitrogens with one attached hydrogen (secondary N) is 1. The van der Waals surface area contributed by atoms with E-state index < -0.39 is 5.25 Å². The van der Waals surface area contributed by atoms with Crippen LogP contribution in [0.15, 0.2) is 52.4 Å². The number of hydrogen-bond donors (Lipinski definition) is 1. The van der Waals surface area contributed by atoms with Gasteiger partial charge in [0.1, 0.15) is 0 Å². The number of carbonyl (C=O) groups is 1. The summed E-state index contributed by atoms with van der Waals surface area (Å²) in [7, 11) is 0. The molecule has 3 rings (SSSR count). The van der Waals surface area contributed by atoms with Crippen LogP contribution in [-0.4, -0.2) is 20.7 Å². The number of aryl methyl sites for hydroxylation is 2. The van der Waals surface area contributed by atoms with Crippen molar-refractivity contribution in [3.05, 3.63) is 63.9 Å². The number of hydrogen-bond acceptors (Lipinski definition) is 4. The van der Waals surface area contributed by atoms with Gasteiger partial charge in [-0.1, -0.05) is 36.0 Å². The molecular formula is C21H23N3O2S. The highest BCUT2D eigenvalue weighted by Gasteiger charge is 2.19. The maximum absolute atomic E-state index is 12.7. The number of carbonyl (C=O) groups excluding carboxylic acids is 1. The van der Waals surface area contributed by atoms with Crippen LogP contribution in [0.3, 0.4) is 0 Å². The van der Waals surface area contributed by atoms with Crippen LogP contribution in [-0.2, 0) is 11.3 Å². The smallest absolute Gasteiger partial charge is 0.262 e. The molecule has 0 aliphatic rings. The number of para-hydroxylation sites is 1. The molecular weight excluding hydrogens is 358 g/mol. The van der Waals surface area contributed by atoms with E-state index in [0.717, 1.165) is 16.8 Å². The Morgan fingerprint density at radius 3 is 2.70 bits per heavy atom. The van der Waals surface area contributed by atoms with E-state index >= 15 is 0 Å². The van der Waals surface area contributed by atoms with E-state index in [1.807, 2.05) is 64.1 Å². The maximum atomic E-state index is 12.7. The minimum atomic E-state index is -0.393. The Kier molecular flexibility index (Phi) is 5.65. The van der Waals surface area contributed by atoms with Crippen molar-refractivity contribution in [2.24, 2.45) is 0 Å². The quantitative estimate of drug-likeness (QED) is 0.533. The third kappa shape index (κ3) is 4.06. The Labute approximate surface area is 162 Å². The average Bonchev–Trinajstić information content (AvgIpc) is 2.65. The second kappa shape index (κ2) is 7.96. The Morgan fingerprint density at radius 2 is 1.96 bits per heavy atom. The van der Waals surface area contributed by atoms with Crippen LogP contribution in [0, 0.1) is 13.8 Å². The fourth-order valence-corrected chi connectivity index (χ4v) is 3.81. The van der Waals surface area contributed by atoms with Gasteiger partial charge in [0.2, 0.25) is 5.91 Å². The van der Waals surface area contributed by atoms with E-state index in [9.17, 15) is 9.59 Å². The number of aromatic nitrogens is 2. The van der Waals surface area contributed by atoms with Gasteiger partial charge in [-0.3, -0.25) is 14.2 Å². The fourth-order valence-electron chi connectivity index (χ4n) is 2.83. The number of benzene rings is 2. The van der Waals surface area contributed by atoms with Crippen LogP contribution in [0.2, 0.25) is 0 Å². The van der Waals surface area contributed by atoms with Crippen LogP contribution < -0.4 is 10.9 Å². The maximum Gasteiger partial charge on any atom is 0.262 e. The molecule has 6 heteroatoms. The van der Waals surface area contributed by atoms with Gasteiger partial charge >= 0.3 is 0 Å². The van der Waals surface area contributed by atoms with Gasteiger partial charge in [-0.25, -0.2) is 4.98 Å². The number of anilines is 1. The molecule has 3 aromatic rings. The predicted octanol–water partition coefficient (Wildman–Crippen LogP) is 4.15. The van der Waals surface area contributed by atoms with Crippen LogP contribution >= 0.6 is 11.8 Å². The van der Waals surface area contributed by atoms with Crippen molar-refractivity contribution in [3.8, 4) is 0 Å². The van der Waals surface area contributed by atoms with Crippen molar-refractivity contribution >= 4 is 34.3 Å². The van der Waals surface area contributed by atoms with Crippen molar-refractivity contribution in [3.63, 3.8) is 0 Å². The molecule has 0 saturated heterocycles. The zero-order valence-corrected chi connectivity index (χ0v) is 16.8. The first-order valence-electron chi connectivity index (χ1n) is 8.95. The number of amides is 1. The van der Waals surface area contributed by atoms with Crippen LogP contribution in [0.5, 0.6) is 0 Å². The topological polar surface area (TPSA) is 64.0 Å². The van der Waals surface area contributed by atoms with E-state index in [2.05, 4.69) is 10.3 Å². The van der Waals surface area contributed by atoms with Crippen molar-refractivity contribution in [1.29, 1.82) is 0 Å². The molecule has 0 spiro atoms. The lowest BCUT2D eigenvalue weighted by Crippen LogP contribution is -2.26. The molecule has 0 bridgehead atoms. The third-order valence-electron chi connectivity index (χ3n) is 4.45. The highest BCUT2D eigenvalue weighted by molar-refractivity contribution is 8.00. The first-order chi connectivity index (χ1) is 12.9. The zero-order chi connectivity index (χ0) is 19.6. The Morgan fingerprint density at radius 1 is 1.22 bits per heavy atom. The Hall–Kier alpha value is -2.60. The summed E-state index contributed by atoms with van der Waals surface area (Å²) in [5.74, 6) is -0.112. The van der Waals surface area contributed by atoms with Gasteiger partial charge in [0.05, 0.1) is 16.2 Å². The number of rotatable bonds is 5. The van der Waals surface area contributed by atoms with Gasteiger partial charge in [0.25, 0.3) is 5.56 Å². The zero-order valence-electron chi connectivity index (χ0n) is 15.9. The summed E-state index contributed by atoms with van der Waals surface area (Å²) in [5.41, 5.74) is 3.49. The molecule has 1 heterocycles. The highest BCUT2D eigenvalue weighted by atomic mass is 32.2. The molecule has 0 aliphatic heterocycles. The molecule has 1 aromatic heterocycles. The Bertz CT molecular complexity index is 1060. The number of thioether (sulfide) groups is 1. The first-order valence-corrected chi connectivity index (χ1v) is 9.83. The molecule has 1 unspecified atom stereocenters. The van der Waals surface area contributed by atoms with Crippen molar-refractivity contribution in [2.75, 3.05) is 5.32 Å². The van der Waals surface area contributed by atoms with Gasteiger partial charge in [-0.05, 0) is 57.0 Å². The van der Waals surface area contributed by atoms with E-state index in [-0.39, 0.29) is 11.5 Å². The first kappa shape index (κ1) is 19.2. The van der Waals surface area contributed by atoms with Crippen LogP contribution in [0.1, 0.15) is 25.0 Å². The standard InChI is InChI=1S/C21H23N3O2S/c1-5-24-20(26)16-8-6-7-9-17(16)23-21(24)27-15(4)19(25)22-18-12-13(2)10-11-14(18)3/h6-12,15H,5H2,1-4H3,(H,22,25). The largest absolute Gasteiger partial charge is 0.325 e. The second-order valence-corrected chi connectivity index (χ2v) is 7.84. The summed E-state index contributed by atoms with van der Waals surface area (Å²) >= 11 is 1.30. The van der Waals surface area contributed by atoms with Crippen molar-refractivity contribution in [1.82, 2.24) is 9.55 Å². The minimum absolute atomic E-state index is 0.0762. The van der Waals surface area contributed by atoms with E-state index in [1.165, 1.54) is 11.8 Å². The molecule has 0 radical (unpaired) electrons. The lowest BCUT2D eigenvalue weighted by molar-refractivity contribution is -0.115. The second-order valence-electron chi connectivity index (χ2n) is 6.53. The molecule has 1 amide bonds. The fraction of sp³-hybridized carbons (Fsp3) is 0.286. The van der Waals surface area contributed by atoms with E-state index in [1.54, 1.807) is 10.6 Å². The van der Waals surface area contributed by atoms with Gasteiger partial charge in [-0.15, -0.1) is 0 Å². The molecule has 0 aliphatic carbocycles. The molecule has 140 valence electrons. The number of fused-ring (bicyclic) bond motifs is 1. The van der Waals surface area contributed by atoms with Crippen LogP contribution in [0.4, 0.5) is 5.69 Å². The van der Waals surface area contributed by atoms with Crippen molar-refractivity contribution in [2.45, 2.75) is 44.6 Å². The average molecular weight is 382 g/mol. The van der Waals surface area contributed by atoms with E-state index in [4.69, 9.17) is 0 Å².